The summed E-state index contributed by atoms with van der Waals surface area (Å²) >= 11 is 0. The molecular weight excluding hydrogens is 368 g/mol. The molecule has 0 unspecified atom stereocenters. The summed E-state index contributed by atoms with van der Waals surface area (Å²) in [6.45, 7) is 5.92. The van der Waals surface area contributed by atoms with Crippen LogP contribution in [0.3, 0.4) is 0 Å². The monoisotopic (exact) mass is 396 g/mol. The van der Waals surface area contributed by atoms with E-state index in [1.807, 2.05) is 18.2 Å². The zero-order valence-electron chi connectivity index (χ0n) is 17.0. The van der Waals surface area contributed by atoms with Crippen molar-refractivity contribution in [1.82, 2.24) is 4.90 Å². The zero-order chi connectivity index (χ0) is 20.6. The predicted molar refractivity (Wildman–Crippen MR) is 116 cm³/mol. The predicted octanol–water partition coefficient (Wildman–Crippen LogP) is 2.80. The van der Waals surface area contributed by atoms with Crippen LogP contribution in [0.1, 0.15) is 13.3 Å². The highest BCUT2D eigenvalue weighted by Crippen LogP contribution is 2.20. The topological polar surface area (TPSA) is 73.9 Å². The molecule has 3 rings (SSSR count). The molecule has 154 valence electrons. The first-order valence-electron chi connectivity index (χ1n) is 9.82. The Morgan fingerprint density at radius 2 is 1.62 bits per heavy atom. The van der Waals surface area contributed by atoms with Crippen LogP contribution in [0.2, 0.25) is 0 Å². The zero-order valence-corrected chi connectivity index (χ0v) is 17.0. The summed E-state index contributed by atoms with van der Waals surface area (Å²) in [5.74, 6) is 0.700. The number of ether oxygens (including phenoxy) is 1. The lowest BCUT2D eigenvalue weighted by molar-refractivity contribution is -0.116. The molecule has 1 saturated heterocycles. The first kappa shape index (κ1) is 20.7. The molecule has 0 atom stereocenters. The largest absolute Gasteiger partial charge is 0.497 e. The Bertz CT molecular complexity index is 830. The first-order valence-corrected chi connectivity index (χ1v) is 9.82. The minimum Gasteiger partial charge on any atom is -0.497 e. The quantitative estimate of drug-likeness (QED) is 0.753. The van der Waals surface area contributed by atoms with Crippen molar-refractivity contribution >= 4 is 28.9 Å². The standard InChI is InChI=1S/C22H28N4O3/c1-17(27)23-18-4-3-5-19(16-18)24-22(28)10-11-25-12-14-26(15-13-25)20-6-8-21(29-2)9-7-20/h3-9,16H,10-15H2,1-2H3,(H,23,27)(H,24,28). The second-order valence-corrected chi connectivity index (χ2v) is 7.09. The smallest absolute Gasteiger partial charge is 0.225 e. The summed E-state index contributed by atoms with van der Waals surface area (Å²) in [4.78, 5) is 28.1. The third-order valence-corrected chi connectivity index (χ3v) is 4.93. The van der Waals surface area contributed by atoms with E-state index in [-0.39, 0.29) is 11.8 Å². The van der Waals surface area contributed by atoms with E-state index in [1.165, 1.54) is 12.6 Å². The molecule has 1 aliphatic heterocycles. The maximum Gasteiger partial charge on any atom is 0.225 e. The van der Waals surface area contributed by atoms with Crippen molar-refractivity contribution in [3.8, 4) is 5.75 Å². The van der Waals surface area contributed by atoms with Gasteiger partial charge in [-0.3, -0.25) is 14.5 Å². The molecule has 1 heterocycles. The molecule has 0 aromatic heterocycles. The van der Waals surface area contributed by atoms with Crippen molar-refractivity contribution in [2.24, 2.45) is 0 Å². The van der Waals surface area contributed by atoms with Crippen LogP contribution in [0.15, 0.2) is 48.5 Å². The van der Waals surface area contributed by atoms with Crippen molar-refractivity contribution in [1.29, 1.82) is 0 Å². The lowest BCUT2D eigenvalue weighted by Crippen LogP contribution is -2.47. The van der Waals surface area contributed by atoms with Gasteiger partial charge in [0.05, 0.1) is 7.11 Å². The van der Waals surface area contributed by atoms with Crippen LogP contribution in [-0.4, -0.2) is 56.5 Å². The minimum atomic E-state index is -0.137. The average molecular weight is 396 g/mol. The summed E-state index contributed by atoms with van der Waals surface area (Å²) < 4.78 is 5.21. The van der Waals surface area contributed by atoms with Crippen molar-refractivity contribution in [2.45, 2.75) is 13.3 Å². The van der Waals surface area contributed by atoms with E-state index in [2.05, 4.69) is 32.6 Å². The third-order valence-electron chi connectivity index (χ3n) is 4.93. The highest BCUT2D eigenvalue weighted by molar-refractivity contribution is 5.93. The van der Waals surface area contributed by atoms with Crippen LogP contribution in [0, 0.1) is 0 Å². The number of anilines is 3. The molecule has 0 saturated carbocycles. The Balaban J connectivity index is 1.41. The van der Waals surface area contributed by atoms with Gasteiger partial charge in [0, 0.05) is 63.1 Å². The van der Waals surface area contributed by atoms with E-state index in [0.717, 1.165) is 38.5 Å². The van der Waals surface area contributed by atoms with Gasteiger partial charge in [-0.1, -0.05) is 6.07 Å². The highest BCUT2D eigenvalue weighted by Gasteiger charge is 2.18. The maximum absolute atomic E-state index is 12.3. The molecule has 0 bridgehead atoms. The molecule has 2 aromatic rings. The summed E-state index contributed by atoms with van der Waals surface area (Å²) in [5.41, 5.74) is 2.55. The van der Waals surface area contributed by atoms with E-state index < -0.39 is 0 Å². The van der Waals surface area contributed by atoms with E-state index in [9.17, 15) is 9.59 Å². The minimum absolute atomic E-state index is 0.0254. The lowest BCUT2D eigenvalue weighted by atomic mass is 10.2. The summed E-state index contributed by atoms with van der Waals surface area (Å²) in [7, 11) is 1.67. The number of carbonyl (C=O) groups is 2. The fraction of sp³-hybridized carbons (Fsp3) is 0.364. The molecule has 1 aliphatic rings. The number of carbonyl (C=O) groups excluding carboxylic acids is 2. The van der Waals surface area contributed by atoms with Gasteiger partial charge < -0.3 is 20.3 Å². The Morgan fingerprint density at radius 1 is 0.966 bits per heavy atom. The van der Waals surface area contributed by atoms with Gasteiger partial charge in [-0.15, -0.1) is 0 Å². The molecule has 29 heavy (non-hydrogen) atoms. The number of hydrogen-bond acceptors (Lipinski definition) is 5. The van der Waals surface area contributed by atoms with Gasteiger partial charge in [0.2, 0.25) is 11.8 Å². The van der Waals surface area contributed by atoms with Crippen molar-refractivity contribution in [2.75, 3.05) is 55.4 Å². The fourth-order valence-corrected chi connectivity index (χ4v) is 3.38. The van der Waals surface area contributed by atoms with E-state index >= 15 is 0 Å². The SMILES string of the molecule is COc1ccc(N2CCN(CCC(=O)Nc3cccc(NC(C)=O)c3)CC2)cc1. The van der Waals surface area contributed by atoms with Gasteiger partial charge in [-0.25, -0.2) is 0 Å². The van der Waals surface area contributed by atoms with Crippen LogP contribution < -0.4 is 20.3 Å². The maximum atomic E-state index is 12.3. The van der Waals surface area contributed by atoms with Gasteiger partial charge in [0.1, 0.15) is 5.75 Å². The number of amides is 2. The molecule has 0 spiro atoms. The van der Waals surface area contributed by atoms with Crippen LogP contribution in [-0.2, 0) is 9.59 Å². The molecule has 0 aliphatic carbocycles. The number of benzene rings is 2. The lowest BCUT2D eigenvalue weighted by Gasteiger charge is -2.36. The van der Waals surface area contributed by atoms with Gasteiger partial charge in [0.15, 0.2) is 0 Å². The molecule has 2 aromatic carbocycles. The molecule has 0 radical (unpaired) electrons. The highest BCUT2D eigenvalue weighted by atomic mass is 16.5. The van der Waals surface area contributed by atoms with Crippen molar-refractivity contribution in [3.63, 3.8) is 0 Å². The average Bonchev–Trinajstić information content (AvgIpc) is 2.72. The number of rotatable bonds is 7. The Kier molecular flexibility index (Phi) is 7.08. The van der Waals surface area contributed by atoms with Gasteiger partial charge in [-0.05, 0) is 42.5 Å². The summed E-state index contributed by atoms with van der Waals surface area (Å²) in [6.07, 6.45) is 0.437. The third kappa shape index (κ3) is 6.22. The van der Waals surface area contributed by atoms with Gasteiger partial charge >= 0.3 is 0 Å². The van der Waals surface area contributed by atoms with Crippen molar-refractivity contribution < 1.29 is 14.3 Å². The van der Waals surface area contributed by atoms with Crippen LogP contribution in [0.25, 0.3) is 0 Å². The fourth-order valence-electron chi connectivity index (χ4n) is 3.38. The second kappa shape index (κ2) is 9.93. The second-order valence-electron chi connectivity index (χ2n) is 7.09. The number of nitrogens with one attached hydrogen (secondary N) is 2. The first-order chi connectivity index (χ1) is 14.0. The molecule has 7 nitrogen and oxygen atoms in total. The summed E-state index contributed by atoms with van der Waals surface area (Å²) in [5, 5.41) is 5.62. The Labute approximate surface area is 171 Å². The Hall–Kier alpha value is -3.06. The molecule has 2 N–H and O–H groups in total. The number of nitrogens with zero attached hydrogens (tertiary/aromatic N) is 2. The van der Waals surface area contributed by atoms with E-state index in [1.54, 1.807) is 25.3 Å². The van der Waals surface area contributed by atoms with E-state index in [0.29, 0.717) is 17.8 Å². The van der Waals surface area contributed by atoms with Crippen LogP contribution >= 0.6 is 0 Å². The van der Waals surface area contributed by atoms with Crippen LogP contribution in [0.5, 0.6) is 5.75 Å². The number of hydrogen-bond donors (Lipinski definition) is 2. The Morgan fingerprint density at radius 3 is 2.24 bits per heavy atom. The van der Waals surface area contributed by atoms with Gasteiger partial charge in [-0.2, -0.15) is 0 Å². The molecule has 7 heteroatoms. The molecule has 2 amide bonds. The molecular formula is C22H28N4O3. The summed E-state index contributed by atoms with van der Waals surface area (Å²) in [6, 6.07) is 15.3. The van der Waals surface area contributed by atoms with Crippen LogP contribution in [0.4, 0.5) is 17.1 Å². The number of piperazine rings is 1. The van der Waals surface area contributed by atoms with Gasteiger partial charge in [0.25, 0.3) is 0 Å². The van der Waals surface area contributed by atoms with E-state index in [4.69, 9.17) is 4.74 Å². The number of methoxy groups -OCH3 is 1. The normalized spacial score (nSPS) is 14.3. The molecule has 1 fully saturated rings. The van der Waals surface area contributed by atoms with Crippen molar-refractivity contribution in [3.05, 3.63) is 48.5 Å².